The lowest BCUT2D eigenvalue weighted by Crippen LogP contribution is -2.34. The monoisotopic (exact) mass is 272 g/mol. The van der Waals surface area contributed by atoms with Gasteiger partial charge >= 0.3 is 12.4 Å². The fraction of sp³-hybridized carbons (Fsp3) is 0.400. The summed E-state index contributed by atoms with van der Waals surface area (Å²) in [5, 5.41) is 2.55. The van der Waals surface area contributed by atoms with Crippen molar-refractivity contribution < 1.29 is 26.3 Å². The molecular weight excluding hydrogens is 262 g/mol. The van der Waals surface area contributed by atoms with Crippen molar-refractivity contribution in [3.05, 3.63) is 23.8 Å². The summed E-state index contributed by atoms with van der Waals surface area (Å²) in [6, 6.07) is 2.51. The van der Waals surface area contributed by atoms with Crippen LogP contribution in [0.4, 0.5) is 37.7 Å². The largest absolute Gasteiger partial charge is 0.404 e. The fourth-order valence-electron chi connectivity index (χ4n) is 1.55. The Morgan fingerprint density at radius 1 is 1.06 bits per heavy atom. The van der Waals surface area contributed by atoms with Gasteiger partial charge in [0.1, 0.15) is 0 Å². The molecule has 0 aliphatic heterocycles. The van der Waals surface area contributed by atoms with Crippen LogP contribution in [0.25, 0.3) is 0 Å². The summed E-state index contributed by atoms with van der Waals surface area (Å²) in [4.78, 5) is 0. The van der Waals surface area contributed by atoms with E-state index in [2.05, 4.69) is 5.32 Å². The van der Waals surface area contributed by atoms with Gasteiger partial charge in [-0.05, 0) is 17.7 Å². The highest BCUT2D eigenvalue weighted by Gasteiger charge is 2.57. The topological polar surface area (TPSA) is 38.0 Å². The molecule has 0 fully saturated rings. The molecule has 0 aliphatic rings. The summed E-state index contributed by atoms with van der Waals surface area (Å²) in [7, 11) is 1.45. The highest BCUT2D eigenvalue weighted by molar-refractivity contribution is 5.67. The molecule has 0 saturated heterocycles. The predicted octanol–water partition coefficient (Wildman–Crippen LogP) is 3.52. The van der Waals surface area contributed by atoms with Crippen molar-refractivity contribution in [1.82, 2.24) is 0 Å². The number of hydrogen-bond acceptors (Lipinski definition) is 2. The number of rotatable bonds is 2. The van der Waals surface area contributed by atoms with E-state index >= 15 is 0 Å². The van der Waals surface area contributed by atoms with E-state index in [-0.39, 0.29) is 11.4 Å². The minimum atomic E-state index is -5.41. The van der Waals surface area contributed by atoms with Crippen LogP contribution in [0.5, 0.6) is 0 Å². The van der Waals surface area contributed by atoms with Gasteiger partial charge in [0.25, 0.3) is 0 Å². The number of benzene rings is 1. The molecule has 8 heteroatoms. The average Bonchev–Trinajstić information content (AvgIpc) is 2.13. The number of nitrogens with one attached hydrogen (secondary N) is 1. The SMILES string of the molecule is CNc1ccc(C(C(F)(F)F)C(F)(F)F)cc1N. The second kappa shape index (κ2) is 4.58. The van der Waals surface area contributed by atoms with Crippen molar-refractivity contribution in [2.75, 3.05) is 18.1 Å². The molecule has 0 saturated carbocycles. The smallest absolute Gasteiger partial charge is 0.397 e. The maximum Gasteiger partial charge on any atom is 0.404 e. The van der Waals surface area contributed by atoms with Crippen LogP contribution in [0.2, 0.25) is 0 Å². The van der Waals surface area contributed by atoms with Crippen molar-refractivity contribution in [3.63, 3.8) is 0 Å². The van der Waals surface area contributed by atoms with E-state index in [0.717, 1.165) is 12.1 Å². The van der Waals surface area contributed by atoms with Gasteiger partial charge in [0.15, 0.2) is 5.92 Å². The van der Waals surface area contributed by atoms with E-state index in [1.54, 1.807) is 0 Å². The molecule has 3 N–H and O–H groups in total. The summed E-state index contributed by atoms with van der Waals surface area (Å²) < 4.78 is 74.6. The Morgan fingerprint density at radius 3 is 1.89 bits per heavy atom. The standard InChI is InChI=1S/C10H10F6N2/c1-18-7-3-2-5(4-6(7)17)8(9(11,12)13)10(14,15)16/h2-4,8,18H,17H2,1H3. The number of nitrogens with two attached hydrogens (primary N) is 1. The van der Waals surface area contributed by atoms with Gasteiger partial charge in [-0.2, -0.15) is 26.3 Å². The molecule has 1 aromatic rings. The number of alkyl halides is 6. The fourth-order valence-corrected chi connectivity index (χ4v) is 1.55. The summed E-state index contributed by atoms with van der Waals surface area (Å²) in [5.41, 5.74) is 4.53. The molecule has 0 spiro atoms. The molecule has 0 unspecified atom stereocenters. The molecule has 2 nitrogen and oxygen atoms in total. The van der Waals surface area contributed by atoms with Crippen LogP contribution >= 0.6 is 0 Å². The molecule has 102 valence electrons. The number of anilines is 2. The first-order chi connectivity index (χ1) is 8.07. The van der Waals surface area contributed by atoms with Gasteiger partial charge in [0.05, 0.1) is 11.4 Å². The van der Waals surface area contributed by atoms with Gasteiger partial charge in [-0.1, -0.05) is 6.07 Å². The molecule has 0 heterocycles. The third kappa shape index (κ3) is 2.99. The summed E-state index contributed by atoms with van der Waals surface area (Å²) in [6.07, 6.45) is -10.8. The number of halogens is 6. The predicted molar refractivity (Wildman–Crippen MR) is 55.3 cm³/mol. The van der Waals surface area contributed by atoms with Gasteiger partial charge in [-0.15, -0.1) is 0 Å². The van der Waals surface area contributed by atoms with E-state index in [1.165, 1.54) is 7.05 Å². The molecule has 18 heavy (non-hydrogen) atoms. The first kappa shape index (κ1) is 14.5. The van der Waals surface area contributed by atoms with E-state index in [4.69, 9.17) is 5.73 Å². The quantitative estimate of drug-likeness (QED) is 0.638. The van der Waals surface area contributed by atoms with E-state index in [9.17, 15) is 26.3 Å². The zero-order chi connectivity index (χ0) is 14.1. The lowest BCUT2D eigenvalue weighted by atomic mass is 9.97. The van der Waals surface area contributed by atoms with Crippen LogP contribution in [0, 0.1) is 0 Å². The second-order valence-electron chi connectivity index (χ2n) is 3.61. The Morgan fingerprint density at radius 2 is 1.56 bits per heavy atom. The van der Waals surface area contributed by atoms with Gasteiger partial charge < -0.3 is 11.1 Å². The van der Waals surface area contributed by atoms with Gasteiger partial charge in [0.2, 0.25) is 0 Å². The Labute approximate surface area is 98.8 Å². The third-order valence-corrected chi connectivity index (χ3v) is 2.33. The Hall–Kier alpha value is -1.60. The summed E-state index contributed by atoms with van der Waals surface area (Å²) >= 11 is 0. The third-order valence-electron chi connectivity index (χ3n) is 2.33. The first-order valence-electron chi connectivity index (χ1n) is 4.78. The van der Waals surface area contributed by atoms with Crippen LogP contribution in [0.15, 0.2) is 18.2 Å². The molecule has 1 rings (SSSR count). The highest BCUT2D eigenvalue weighted by Crippen LogP contribution is 2.46. The Bertz CT molecular complexity index is 409. The van der Waals surface area contributed by atoms with Crippen LogP contribution in [-0.4, -0.2) is 19.4 Å². The maximum absolute atomic E-state index is 12.4. The Kier molecular flexibility index (Phi) is 3.68. The number of nitrogen functional groups attached to an aromatic ring is 1. The van der Waals surface area contributed by atoms with Crippen molar-refractivity contribution >= 4 is 11.4 Å². The summed E-state index contributed by atoms with van der Waals surface area (Å²) in [5.74, 6) is -3.53. The number of hydrogen-bond donors (Lipinski definition) is 2. The first-order valence-corrected chi connectivity index (χ1v) is 4.78. The molecule has 1 aromatic carbocycles. The lowest BCUT2D eigenvalue weighted by Gasteiger charge is -2.23. The normalized spacial score (nSPS) is 12.9. The van der Waals surface area contributed by atoms with Crippen molar-refractivity contribution in [3.8, 4) is 0 Å². The van der Waals surface area contributed by atoms with Crippen LogP contribution in [0.1, 0.15) is 11.5 Å². The van der Waals surface area contributed by atoms with E-state index < -0.39 is 23.8 Å². The van der Waals surface area contributed by atoms with Crippen LogP contribution in [-0.2, 0) is 0 Å². The molecule has 0 bridgehead atoms. The minimum Gasteiger partial charge on any atom is -0.397 e. The maximum atomic E-state index is 12.4. The van der Waals surface area contributed by atoms with Gasteiger partial charge in [-0.25, -0.2) is 0 Å². The van der Waals surface area contributed by atoms with E-state index in [0.29, 0.717) is 6.07 Å². The zero-order valence-electron chi connectivity index (χ0n) is 9.15. The summed E-state index contributed by atoms with van der Waals surface area (Å²) in [6.45, 7) is 0. The highest BCUT2D eigenvalue weighted by atomic mass is 19.4. The van der Waals surface area contributed by atoms with E-state index in [1.807, 2.05) is 0 Å². The lowest BCUT2D eigenvalue weighted by molar-refractivity contribution is -0.253. The van der Waals surface area contributed by atoms with Crippen molar-refractivity contribution in [2.24, 2.45) is 0 Å². The average molecular weight is 272 g/mol. The van der Waals surface area contributed by atoms with Crippen LogP contribution in [0.3, 0.4) is 0 Å². The second-order valence-corrected chi connectivity index (χ2v) is 3.61. The van der Waals surface area contributed by atoms with Crippen molar-refractivity contribution in [2.45, 2.75) is 18.3 Å². The molecule has 0 amide bonds. The molecule has 0 aromatic heterocycles. The minimum absolute atomic E-state index is 0.173. The van der Waals surface area contributed by atoms with Crippen molar-refractivity contribution in [1.29, 1.82) is 0 Å². The Balaban J connectivity index is 3.28. The molecule has 0 atom stereocenters. The van der Waals surface area contributed by atoms with Gasteiger partial charge in [-0.3, -0.25) is 0 Å². The zero-order valence-corrected chi connectivity index (χ0v) is 9.15. The molecule has 0 radical (unpaired) electrons. The van der Waals surface area contributed by atoms with Gasteiger partial charge in [0, 0.05) is 7.05 Å². The molecular formula is C10H10F6N2. The molecule has 0 aliphatic carbocycles. The van der Waals surface area contributed by atoms with Crippen LogP contribution < -0.4 is 11.1 Å².